The van der Waals surface area contributed by atoms with Crippen molar-refractivity contribution in [3.63, 3.8) is 0 Å². The van der Waals surface area contributed by atoms with E-state index in [0.717, 1.165) is 23.1 Å². The molecule has 3 atom stereocenters. The molecular weight excluding hydrogens is 332 g/mol. The maximum atomic E-state index is 6.14. The Balaban J connectivity index is 2.11. The minimum atomic E-state index is -1.73. The smallest absolute Gasteiger partial charge is 0.119 e. The Kier molecular flexibility index (Phi) is 6.23. The number of hydrogen-bond acceptors (Lipinski definition) is 1. The summed E-state index contributed by atoms with van der Waals surface area (Å²) in [5, 5.41) is 1.53. The lowest BCUT2D eigenvalue weighted by Gasteiger charge is -2.41. The first-order valence-corrected chi connectivity index (χ1v) is 12.9. The molecule has 2 aliphatic carbocycles. The molecule has 0 spiro atoms. The quantitative estimate of drug-likeness (QED) is 0.390. The van der Waals surface area contributed by atoms with Crippen molar-refractivity contribution >= 4 is 13.3 Å². The van der Waals surface area contributed by atoms with Gasteiger partial charge in [-0.05, 0) is 41.5 Å². The second-order valence-electron chi connectivity index (χ2n) is 7.87. The summed E-state index contributed by atoms with van der Waals surface area (Å²) in [5.41, 5.74) is 2.51. The van der Waals surface area contributed by atoms with Gasteiger partial charge in [-0.3, -0.25) is 0 Å². The Bertz CT molecular complexity index is 683. The van der Waals surface area contributed by atoms with Crippen LogP contribution in [0.4, 0.5) is 0 Å². The third-order valence-electron chi connectivity index (χ3n) is 6.90. The van der Waals surface area contributed by atoms with Crippen LogP contribution in [0.25, 0.3) is 0 Å². The molecule has 1 aromatic carbocycles. The topological polar surface area (TPSA) is 9.23 Å². The van der Waals surface area contributed by atoms with Gasteiger partial charge in [-0.15, -0.1) is 0 Å². The van der Waals surface area contributed by atoms with Crippen molar-refractivity contribution in [3.05, 3.63) is 60.7 Å². The van der Waals surface area contributed by atoms with Gasteiger partial charge in [0.15, 0.2) is 0 Å². The summed E-state index contributed by atoms with van der Waals surface area (Å²) in [6.45, 7) is 11.7. The largest absolute Gasteiger partial charge is 0.490 e. The highest BCUT2D eigenvalue weighted by molar-refractivity contribution is 6.94. The first kappa shape index (κ1) is 19.2. The van der Waals surface area contributed by atoms with Gasteiger partial charge < -0.3 is 4.74 Å². The summed E-state index contributed by atoms with van der Waals surface area (Å²) in [5.74, 6) is 2.71. The molecule has 1 fully saturated rings. The predicted molar refractivity (Wildman–Crippen MR) is 116 cm³/mol. The molecule has 0 amide bonds. The molecular formula is C24H34OSi. The van der Waals surface area contributed by atoms with Crippen LogP contribution in [0, 0.1) is 11.8 Å². The third-order valence-corrected chi connectivity index (χ3v) is 12.9. The van der Waals surface area contributed by atoms with E-state index < -0.39 is 8.07 Å². The monoisotopic (exact) mass is 366 g/mol. The van der Waals surface area contributed by atoms with Crippen LogP contribution < -0.4 is 9.92 Å². The van der Waals surface area contributed by atoms with Crippen molar-refractivity contribution in [1.29, 1.82) is 0 Å². The number of allylic oxidation sites excluding steroid dienone is 4. The number of rotatable bonds is 8. The van der Waals surface area contributed by atoms with Crippen LogP contribution in [-0.2, 0) is 0 Å². The molecule has 0 aromatic heterocycles. The average Bonchev–Trinajstić information content (AvgIpc) is 3.08. The minimum Gasteiger partial charge on any atom is -0.490 e. The fourth-order valence-corrected chi connectivity index (χ4v) is 11.4. The standard InChI is InChI=1S/C24H34OSi/c1-5-17-25-22-15-11-12-16-23(22)26(7-3,8-4)24-19(6-2)18-20-13-9-10-14-21(20)24/h5,9-12,14-16,19-20,24H,1,6-8,13,17-18H2,2-4H3. The number of fused-ring (bicyclic) bond motifs is 1. The van der Waals surface area contributed by atoms with E-state index in [1.54, 1.807) is 5.57 Å². The normalized spacial score (nSPS) is 24.9. The first-order chi connectivity index (χ1) is 12.7. The zero-order chi connectivity index (χ0) is 18.6. The predicted octanol–water partition coefficient (Wildman–Crippen LogP) is 6.25. The van der Waals surface area contributed by atoms with Crippen LogP contribution in [0.2, 0.25) is 17.6 Å². The summed E-state index contributed by atoms with van der Waals surface area (Å²) in [4.78, 5) is 0. The highest BCUT2D eigenvalue weighted by atomic mass is 28.3. The number of hydrogen-bond donors (Lipinski definition) is 0. The molecule has 140 valence electrons. The molecule has 26 heavy (non-hydrogen) atoms. The lowest BCUT2D eigenvalue weighted by atomic mass is 9.94. The van der Waals surface area contributed by atoms with Crippen molar-refractivity contribution in [2.75, 3.05) is 6.61 Å². The molecule has 3 rings (SSSR count). The van der Waals surface area contributed by atoms with Crippen LogP contribution in [0.15, 0.2) is 60.7 Å². The molecule has 1 nitrogen and oxygen atoms in total. The van der Waals surface area contributed by atoms with Gasteiger partial charge in [-0.25, -0.2) is 0 Å². The van der Waals surface area contributed by atoms with Crippen LogP contribution in [-0.4, -0.2) is 14.7 Å². The van der Waals surface area contributed by atoms with Gasteiger partial charge in [0.05, 0.1) is 8.07 Å². The van der Waals surface area contributed by atoms with Crippen molar-refractivity contribution in [1.82, 2.24) is 0 Å². The second-order valence-corrected chi connectivity index (χ2v) is 12.8. The fraction of sp³-hybridized carbons (Fsp3) is 0.500. The zero-order valence-electron chi connectivity index (χ0n) is 16.7. The van der Waals surface area contributed by atoms with Gasteiger partial charge >= 0.3 is 0 Å². The lowest BCUT2D eigenvalue weighted by molar-refractivity contribution is 0.365. The molecule has 0 heterocycles. The van der Waals surface area contributed by atoms with Gasteiger partial charge in [0.2, 0.25) is 0 Å². The molecule has 3 unspecified atom stereocenters. The second kappa shape index (κ2) is 8.43. The number of benzene rings is 1. The van der Waals surface area contributed by atoms with Gasteiger partial charge in [0.1, 0.15) is 12.4 Å². The van der Waals surface area contributed by atoms with E-state index >= 15 is 0 Å². The summed E-state index contributed by atoms with van der Waals surface area (Å²) >= 11 is 0. The summed E-state index contributed by atoms with van der Waals surface area (Å²) in [7, 11) is -1.73. The Morgan fingerprint density at radius 2 is 1.96 bits per heavy atom. The van der Waals surface area contributed by atoms with Crippen LogP contribution in [0.3, 0.4) is 0 Å². The Labute approximate surface area is 160 Å². The highest BCUT2D eigenvalue weighted by Crippen LogP contribution is 2.56. The molecule has 2 aliphatic rings. The Morgan fingerprint density at radius 3 is 2.65 bits per heavy atom. The third kappa shape index (κ3) is 3.24. The van der Waals surface area contributed by atoms with Crippen molar-refractivity contribution in [2.45, 2.75) is 57.7 Å². The van der Waals surface area contributed by atoms with Crippen LogP contribution in [0.5, 0.6) is 5.75 Å². The van der Waals surface area contributed by atoms with E-state index in [1.807, 2.05) is 6.08 Å². The lowest BCUT2D eigenvalue weighted by Crippen LogP contribution is -2.52. The van der Waals surface area contributed by atoms with Crippen molar-refractivity contribution < 1.29 is 4.74 Å². The molecule has 0 bridgehead atoms. The van der Waals surface area contributed by atoms with E-state index in [9.17, 15) is 0 Å². The first-order valence-electron chi connectivity index (χ1n) is 10.4. The molecule has 0 aliphatic heterocycles. The van der Waals surface area contributed by atoms with Crippen molar-refractivity contribution in [3.8, 4) is 5.75 Å². The Hall–Kier alpha value is -1.54. The summed E-state index contributed by atoms with van der Waals surface area (Å²) in [6.07, 6.45) is 12.9. The van der Waals surface area contributed by atoms with Gasteiger partial charge in [0, 0.05) is 0 Å². The number of ether oxygens (including phenoxy) is 1. The average molecular weight is 367 g/mol. The van der Waals surface area contributed by atoms with E-state index in [1.165, 1.54) is 36.5 Å². The van der Waals surface area contributed by atoms with Gasteiger partial charge in [-0.2, -0.15) is 0 Å². The van der Waals surface area contributed by atoms with Gasteiger partial charge in [-0.1, -0.05) is 93.9 Å². The molecule has 0 N–H and O–H groups in total. The summed E-state index contributed by atoms with van der Waals surface area (Å²) in [6, 6.07) is 11.4. The molecule has 1 saturated carbocycles. The van der Waals surface area contributed by atoms with E-state index in [4.69, 9.17) is 4.74 Å². The molecule has 0 radical (unpaired) electrons. The Morgan fingerprint density at radius 1 is 1.19 bits per heavy atom. The SMILES string of the molecule is C=CCOc1ccccc1[Si](CC)(CC)C1C2=CC=CCC2CC1CC. The molecule has 0 saturated heterocycles. The van der Waals surface area contributed by atoms with Gasteiger partial charge in [0.25, 0.3) is 0 Å². The highest BCUT2D eigenvalue weighted by Gasteiger charge is 2.51. The minimum absolute atomic E-state index is 0.588. The van der Waals surface area contributed by atoms with E-state index in [0.29, 0.717) is 6.61 Å². The molecule has 2 heteroatoms. The van der Waals surface area contributed by atoms with Crippen LogP contribution >= 0.6 is 0 Å². The maximum Gasteiger partial charge on any atom is 0.119 e. The van der Waals surface area contributed by atoms with E-state index in [-0.39, 0.29) is 0 Å². The maximum absolute atomic E-state index is 6.14. The number of para-hydroxylation sites is 1. The van der Waals surface area contributed by atoms with E-state index in [2.05, 4.69) is 69.8 Å². The van der Waals surface area contributed by atoms with Crippen LogP contribution in [0.1, 0.15) is 40.0 Å². The molecule has 1 aromatic rings. The zero-order valence-corrected chi connectivity index (χ0v) is 17.7. The fourth-order valence-electron chi connectivity index (χ4n) is 5.62. The van der Waals surface area contributed by atoms with Crippen molar-refractivity contribution in [2.24, 2.45) is 11.8 Å². The summed E-state index contributed by atoms with van der Waals surface area (Å²) < 4.78 is 6.14.